The van der Waals surface area contributed by atoms with Crippen LogP contribution in [0.3, 0.4) is 0 Å². The largest absolute Gasteiger partial charge is 0.582 e. The maximum Gasteiger partial charge on any atom is 0.582 e. The summed E-state index contributed by atoms with van der Waals surface area (Å²) in [4.78, 5) is 33.2. The zero-order valence-corrected chi connectivity index (χ0v) is 40.3. The molecule has 4 aliphatic heterocycles. The minimum absolute atomic E-state index is 0.216. The van der Waals surface area contributed by atoms with Gasteiger partial charge in [0.1, 0.15) is 22.6 Å². The zero-order valence-electron chi connectivity index (χ0n) is 37.3. The predicted molar refractivity (Wildman–Crippen MR) is 256 cm³/mol. The summed E-state index contributed by atoms with van der Waals surface area (Å²) in [5.41, 5.74) is 5.05. The van der Waals surface area contributed by atoms with Gasteiger partial charge in [0.15, 0.2) is 40.0 Å². The van der Waals surface area contributed by atoms with Crippen molar-refractivity contribution < 1.29 is 8.23 Å². The van der Waals surface area contributed by atoms with Gasteiger partial charge in [-0.15, -0.1) is 0 Å². The van der Waals surface area contributed by atoms with E-state index in [2.05, 4.69) is 163 Å². The maximum atomic E-state index is 8.51. The standard InChI is InChI=1S/C48H54N8O2Si3/c1-29(2)47(5,6)59(9,10)57-61(58-60(11,12)48(7,8)30(3)4)55-43-35-25-17-18-26-36(35)45(55)53-41-33-23-15-16-24-34(33)42(50-41)54-46-38-28-20-19-27-37(38)44(56(46)61)52-40-32-22-14-13-21-31(32)39(49-40)51-43/h13-30H,1-12H3. The molecule has 0 unspecified atom stereocenters. The second-order valence-corrected chi connectivity index (χ2v) is 31.9. The monoisotopic (exact) mass is 858 g/mol. The molecule has 0 radical (unpaired) electrons. The highest BCUT2D eigenvalue weighted by atomic mass is 28.5. The molecule has 10 nitrogen and oxygen atoms in total. The first-order valence-electron chi connectivity index (χ1n) is 21.5. The van der Waals surface area contributed by atoms with E-state index in [1.54, 1.807) is 0 Å². The molecule has 0 atom stereocenters. The molecule has 310 valence electrons. The quantitative estimate of drug-likeness (QED) is 0.142. The maximum absolute atomic E-state index is 8.51. The highest BCUT2D eigenvalue weighted by Gasteiger charge is 2.62. The lowest BCUT2D eigenvalue weighted by Gasteiger charge is -2.52. The Morgan fingerprint density at radius 3 is 1.10 bits per heavy atom. The number of nitrogens with zero attached hydrogens (tertiary/aromatic N) is 8. The second-order valence-electron chi connectivity index (χ2n) is 19.6. The Hall–Kier alpha value is -5.19. The van der Waals surface area contributed by atoms with Gasteiger partial charge in [-0.3, -0.25) is 8.47 Å². The molecule has 6 aromatic rings. The molecular weight excluding hydrogens is 805 g/mol. The highest BCUT2D eigenvalue weighted by Crippen LogP contribution is 2.52. The van der Waals surface area contributed by atoms with Crippen LogP contribution >= 0.6 is 0 Å². The fourth-order valence-electron chi connectivity index (χ4n) is 8.96. The predicted octanol–water partition coefficient (Wildman–Crippen LogP) is 10.7. The Kier molecular flexibility index (Phi) is 8.77. The molecule has 0 spiro atoms. The van der Waals surface area contributed by atoms with Gasteiger partial charge in [-0.05, 0) is 48.1 Å². The summed E-state index contributed by atoms with van der Waals surface area (Å²) >= 11 is 0. The first-order valence-corrected chi connectivity index (χ1v) is 29.1. The van der Waals surface area contributed by atoms with Crippen LogP contribution in [-0.2, 0) is 8.23 Å². The number of hydrogen-bond acceptors (Lipinski definition) is 8. The normalized spacial score (nSPS) is 16.8. The van der Waals surface area contributed by atoms with E-state index in [0.29, 0.717) is 57.8 Å². The molecule has 4 aliphatic rings. The van der Waals surface area contributed by atoms with Crippen molar-refractivity contribution in [2.24, 2.45) is 41.8 Å². The van der Waals surface area contributed by atoms with Crippen LogP contribution in [0.2, 0.25) is 36.3 Å². The zero-order chi connectivity index (χ0) is 43.0. The van der Waals surface area contributed by atoms with Crippen LogP contribution in [0.1, 0.15) is 77.6 Å². The van der Waals surface area contributed by atoms with Crippen LogP contribution < -0.4 is 11.0 Å². The Labute approximate surface area is 360 Å². The lowest BCUT2D eigenvalue weighted by Crippen LogP contribution is -2.72. The molecule has 0 fully saturated rings. The number of benzene rings is 4. The molecular formula is C48H54N8O2Si3. The van der Waals surface area contributed by atoms with Gasteiger partial charge < -0.3 is 8.23 Å². The lowest BCUT2D eigenvalue weighted by atomic mass is 9.99. The minimum atomic E-state index is -4.35. The third kappa shape index (κ3) is 5.63. The van der Waals surface area contributed by atoms with Crippen molar-refractivity contribution in [3.05, 3.63) is 130 Å². The first kappa shape index (κ1) is 39.9. The number of aromatic nitrogens is 2. The Bertz CT molecular complexity index is 2930. The highest BCUT2D eigenvalue weighted by molar-refractivity contribution is 6.90. The van der Waals surface area contributed by atoms with Crippen molar-refractivity contribution in [1.82, 2.24) is 8.47 Å². The van der Waals surface area contributed by atoms with Gasteiger partial charge in [-0.1, -0.05) is 152 Å². The SMILES string of the molecule is CC(C)C(C)(C)[Si](C)(C)O[Si]1(O[Si](C)(C)C(C)(C)C(C)C)n2c3c4ccccc4c2N=C2N=C(N=c4c5ccccc5c(n41)=NC1=NC(=N3)c3ccccc31)c1ccccc12. The van der Waals surface area contributed by atoms with Crippen LogP contribution in [0.5, 0.6) is 0 Å². The van der Waals surface area contributed by atoms with E-state index in [1.165, 1.54) is 0 Å². The molecule has 0 N–H and O–H groups in total. The molecule has 2 aromatic heterocycles. The van der Waals surface area contributed by atoms with Gasteiger partial charge in [0, 0.05) is 43.8 Å². The number of fused-ring (bicyclic) bond motifs is 14. The van der Waals surface area contributed by atoms with Crippen LogP contribution in [0.4, 0.5) is 11.6 Å². The number of hydrogen-bond donors (Lipinski definition) is 0. The third-order valence-electron chi connectivity index (χ3n) is 15.1. The molecule has 10 rings (SSSR count). The van der Waals surface area contributed by atoms with Crippen LogP contribution in [0, 0.1) is 11.8 Å². The Balaban J connectivity index is 1.53. The minimum Gasteiger partial charge on any atom is -0.404 e. The molecule has 0 aliphatic carbocycles. The van der Waals surface area contributed by atoms with E-state index < -0.39 is 25.5 Å². The summed E-state index contributed by atoms with van der Waals surface area (Å²) in [6.07, 6.45) is 0. The van der Waals surface area contributed by atoms with Crippen LogP contribution in [-0.4, -0.2) is 57.3 Å². The van der Waals surface area contributed by atoms with Gasteiger partial charge in [0.25, 0.3) is 0 Å². The van der Waals surface area contributed by atoms with Crippen molar-refractivity contribution in [2.75, 3.05) is 0 Å². The molecule has 4 aromatic carbocycles. The Morgan fingerprint density at radius 2 is 0.754 bits per heavy atom. The topological polar surface area (TPSA) is 102 Å². The second kappa shape index (κ2) is 13.4. The summed E-state index contributed by atoms with van der Waals surface area (Å²) in [6, 6.07) is 33.4. The Morgan fingerprint density at radius 1 is 0.443 bits per heavy atom. The molecule has 6 bridgehead atoms. The van der Waals surface area contributed by atoms with E-state index >= 15 is 0 Å². The van der Waals surface area contributed by atoms with Crippen molar-refractivity contribution in [1.29, 1.82) is 0 Å². The summed E-state index contributed by atoms with van der Waals surface area (Å²) in [5.74, 6) is 4.33. The molecule has 13 heteroatoms. The number of aliphatic imine (C=N–C) groups is 4. The lowest BCUT2D eigenvalue weighted by molar-refractivity contribution is 0.286. The average molecular weight is 859 g/mol. The summed E-state index contributed by atoms with van der Waals surface area (Å²) in [6.45, 7) is 28.2. The molecule has 0 saturated heterocycles. The van der Waals surface area contributed by atoms with Crippen molar-refractivity contribution in [2.45, 2.75) is 91.7 Å². The van der Waals surface area contributed by atoms with Crippen molar-refractivity contribution >= 4 is 82.0 Å². The summed E-state index contributed by atoms with van der Waals surface area (Å²) in [7, 11) is -10.1. The molecule has 0 amide bonds. The van der Waals surface area contributed by atoms with Gasteiger partial charge in [-0.25, -0.2) is 30.0 Å². The van der Waals surface area contributed by atoms with Gasteiger partial charge in [0.2, 0.25) is 0 Å². The van der Waals surface area contributed by atoms with Crippen molar-refractivity contribution in [3.63, 3.8) is 0 Å². The fourth-order valence-corrected chi connectivity index (χ4v) is 23.1. The third-order valence-corrected chi connectivity index (χ3v) is 30.6. The van der Waals surface area contributed by atoms with E-state index in [9.17, 15) is 0 Å². The first-order chi connectivity index (χ1) is 28.9. The molecule has 61 heavy (non-hydrogen) atoms. The van der Waals surface area contributed by atoms with E-state index in [1.807, 2.05) is 24.3 Å². The number of rotatable bonds is 8. The van der Waals surface area contributed by atoms with E-state index in [4.69, 9.17) is 38.2 Å². The fraction of sp³-hybridized carbons (Fsp3) is 0.333. The summed E-state index contributed by atoms with van der Waals surface area (Å²) in [5, 5.41) is 3.27. The van der Waals surface area contributed by atoms with E-state index in [-0.39, 0.29) is 10.1 Å². The van der Waals surface area contributed by atoms with Gasteiger partial charge >= 0.3 is 8.88 Å². The number of amidine groups is 4. The van der Waals surface area contributed by atoms with Crippen LogP contribution in [0.25, 0.3) is 21.5 Å². The smallest absolute Gasteiger partial charge is 0.404 e. The van der Waals surface area contributed by atoms with E-state index in [0.717, 1.165) is 43.8 Å². The molecule has 6 heterocycles. The van der Waals surface area contributed by atoms with Crippen LogP contribution in [0.15, 0.2) is 127 Å². The van der Waals surface area contributed by atoms with Gasteiger partial charge in [0.05, 0.1) is 0 Å². The van der Waals surface area contributed by atoms with Crippen molar-refractivity contribution in [3.8, 4) is 0 Å². The summed E-state index contributed by atoms with van der Waals surface area (Å²) < 4.78 is 21.6. The average Bonchev–Trinajstić information content (AvgIpc) is 3.93. The molecule has 0 saturated carbocycles. The van der Waals surface area contributed by atoms with Gasteiger partial charge in [-0.2, -0.15) is 0 Å².